The summed E-state index contributed by atoms with van der Waals surface area (Å²) in [5, 5.41) is 0. The van der Waals surface area contributed by atoms with Crippen molar-refractivity contribution >= 4 is 5.91 Å². The maximum atomic E-state index is 11.8. The number of rotatable bonds is 7. The first-order valence-electron chi connectivity index (χ1n) is 6.74. The van der Waals surface area contributed by atoms with Gasteiger partial charge in [0.2, 0.25) is 5.91 Å². The van der Waals surface area contributed by atoms with E-state index in [1.807, 2.05) is 11.8 Å². The maximum Gasteiger partial charge on any atom is 0.224 e. The Morgan fingerprint density at radius 1 is 1.24 bits per heavy atom. The maximum absolute atomic E-state index is 11.8. The Bertz CT molecular complexity index is 221. The molecule has 0 aliphatic carbocycles. The predicted molar refractivity (Wildman–Crippen MR) is 66.7 cm³/mol. The van der Waals surface area contributed by atoms with Gasteiger partial charge in [0.1, 0.15) is 6.23 Å². The third-order valence-electron chi connectivity index (χ3n) is 2.98. The number of likely N-dealkylation sites (tertiary alicyclic amines) is 1. The van der Waals surface area contributed by atoms with Crippen LogP contribution in [0.4, 0.5) is 0 Å². The molecule has 1 saturated heterocycles. The van der Waals surface area contributed by atoms with E-state index in [0.717, 1.165) is 38.8 Å². The Balaban J connectivity index is 2.20. The van der Waals surface area contributed by atoms with Crippen molar-refractivity contribution in [3.8, 4) is 0 Å². The molecule has 0 spiro atoms. The van der Waals surface area contributed by atoms with Crippen molar-refractivity contribution in [3.05, 3.63) is 0 Å². The minimum atomic E-state index is -0.120. The third kappa shape index (κ3) is 5.50. The summed E-state index contributed by atoms with van der Waals surface area (Å²) >= 11 is 0. The van der Waals surface area contributed by atoms with Crippen LogP contribution in [0.5, 0.6) is 0 Å². The zero-order valence-corrected chi connectivity index (χ0v) is 11.1. The molecule has 1 rings (SSSR count). The minimum absolute atomic E-state index is 0.120. The predicted octanol–water partition coefficient (Wildman–Crippen LogP) is 2.18. The van der Waals surface area contributed by atoms with Gasteiger partial charge < -0.3 is 14.4 Å². The fourth-order valence-corrected chi connectivity index (χ4v) is 2.00. The Kier molecular flexibility index (Phi) is 7.21. The molecule has 0 aromatic rings. The standard InChI is InChI=1S/C13H25NO3/c1-3-9-16-10-11-17-12(2)14-8-6-4-5-7-13(14)15/h12H,3-11H2,1-2H3. The van der Waals surface area contributed by atoms with E-state index < -0.39 is 0 Å². The molecule has 0 radical (unpaired) electrons. The van der Waals surface area contributed by atoms with Gasteiger partial charge in [-0.05, 0) is 26.2 Å². The third-order valence-corrected chi connectivity index (χ3v) is 2.98. The average molecular weight is 243 g/mol. The quantitative estimate of drug-likeness (QED) is 0.643. The van der Waals surface area contributed by atoms with Gasteiger partial charge in [-0.1, -0.05) is 13.3 Å². The van der Waals surface area contributed by atoms with Crippen LogP contribution in [-0.2, 0) is 14.3 Å². The lowest BCUT2D eigenvalue weighted by Gasteiger charge is -2.27. The second-order valence-electron chi connectivity index (χ2n) is 4.48. The van der Waals surface area contributed by atoms with E-state index in [0.29, 0.717) is 19.6 Å². The first-order valence-corrected chi connectivity index (χ1v) is 6.74. The molecule has 4 nitrogen and oxygen atoms in total. The minimum Gasteiger partial charge on any atom is -0.379 e. The van der Waals surface area contributed by atoms with Gasteiger partial charge >= 0.3 is 0 Å². The summed E-state index contributed by atoms with van der Waals surface area (Å²) in [5.41, 5.74) is 0. The van der Waals surface area contributed by atoms with Crippen LogP contribution < -0.4 is 0 Å². The summed E-state index contributed by atoms with van der Waals surface area (Å²) in [4.78, 5) is 13.7. The monoisotopic (exact) mass is 243 g/mol. The summed E-state index contributed by atoms with van der Waals surface area (Å²) in [7, 11) is 0. The molecule has 1 fully saturated rings. The van der Waals surface area contributed by atoms with Crippen molar-refractivity contribution in [3.63, 3.8) is 0 Å². The first-order chi connectivity index (χ1) is 8.25. The number of nitrogens with zero attached hydrogens (tertiary/aromatic N) is 1. The molecule has 100 valence electrons. The number of hydrogen-bond donors (Lipinski definition) is 0. The smallest absolute Gasteiger partial charge is 0.224 e. The number of ether oxygens (including phenoxy) is 2. The number of amides is 1. The number of carbonyl (C=O) groups is 1. The molecule has 1 atom stereocenters. The van der Waals surface area contributed by atoms with Gasteiger partial charge in [-0.25, -0.2) is 0 Å². The summed E-state index contributed by atoms with van der Waals surface area (Å²) in [6, 6.07) is 0. The van der Waals surface area contributed by atoms with Crippen LogP contribution in [-0.4, -0.2) is 43.4 Å². The molecule has 0 aromatic heterocycles. The highest BCUT2D eigenvalue weighted by Gasteiger charge is 2.21. The van der Waals surface area contributed by atoms with Crippen molar-refractivity contribution < 1.29 is 14.3 Å². The fourth-order valence-electron chi connectivity index (χ4n) is 2.00. The summed E-state index contributed by atoms with van der Waals surface area (Å²) in [6.07, 6.45) is 4.83. The zero-order valence-electron chi connectivity index (χ0n) is 11.1. The lowest BCUT2D eigenvalue weighted by molar-refractivity contribution is -0.145. The van der Waals surface area contributed by atoms with E-state index in [4.69, 9.17) is 9.47 Å². The van der Waals surface area contributed by atoms with E-state index in [1.54, 1.807) is 0 Å². The number of carbonyl (C=O) groups excluding carboxylic acids is 1. The van der Waals surface area contributed by atoms with Crippen molar-refractivity contribution in [2.45, 2.75) is 52.2 Å². The largest absolute Gasteiger partial charge is 0.379 e. The van der Waals surface area contributed by atoms with Gasteiger partial charge in [0.15, 0.2) is 0 Å². The molecule has 1 heterocycles. The first kappa shape index (κ1) is 14.5. The lowest BCUT2D eigenvalue weighted by atomic mass is 10.2. The van der Waals surface area contributed by atoms with Crippen molar-refractivity contribution in [1.82, 2.24) is 4.90 Å². The summed E-state index contributed by atoms with van der Waals surface area (Å²) in [5.74, 6) is 0.226. The van der Waals surface area contributed by atoms with Crippen molar-refractivity contribution in [1.29, 1.82) is 0 Å². The summed E-state index contributed by atoms with van der Waals surface area (Å²) in [6.45, 7) is 6.81. The van der Waals surface area contributed by atoms with Crippen LogP contribution in [0.3, 0.4) is 0 Å². The molecule has 1 aliphatic rings. The zero-order chi connectivity index (χ0) is 12.5. The van der Waals surface area contributed by atoms with Gasteiger partial charge in [-0.3, -0.25) is 4.79 Å². The van der Waals surface area contributed by atoms with Crippen LogP contribution in [0, 0.1) is 0 Å². The molecule has 0 saturated carbocycles. The molecule has 1 aliphatic heterocycles. The second-order valence-corrected chi connectivity index (χ2v) is 4.48. The molecule has 0 bridgehead atoms. The normalized spacial score (nSPS) is 19.2. The van der Waals surface area contributed by atoms with E-state index in [2.05, 4.69) is 6.92 Å². The van der Waals surface area contributed by atoms with E-state index in [1.165, 1.54) is 0 Å². The molecule has 1 unspecified atom stereocenters. The molecule has 1 amide bonds. The molecule has 0 N–H and O–H groups in total. The molecule has 4 heteroatoms. The SMILES string of the molecule is CCCOCCOC(C)N1CCCCCC1=O. The molecular formula is C13H25NO3. The fraction of sp³-hybridized carbons (Fsp3) is 0.923. The van der Waals surface area contributed by atoms with E-state index in [-0.39, 0.29) is 12.1 Å². The molecule has 17 heavy (non-hydrogen) atoms. The molecular weight excluding hydrogens is 218 g/mol. The Morgan fingerprint density at radius 2 is 2.06 bits per heavy atom. The van der Waals surface area contributed by atoms with Crippen LogP contribution >= 0.6 is 0 Å². The van der Waals surface area contributed by atoms with Crippen LogP contribution in [0.25, 0.3) is 0 Å². The van der Waals surface area contributed by atoms with Gasteiger partial charge in [-0.2, -0.15) is 0 Å². The summed E-state index contributed by atoms with van der Waals surface area (Å²) < 4.78 is 11.0. The Hall–Kier alpha value is -0.610. The highest BCUT2D eigenvalue weighted by atomic mass is 16.5. The van der Waals surface area contributed by atoms with Gasteiger partial charge in [0.05, 0.1) is 13.2 Å². The average Bonchev–Trinajstić information content (AvgIpc) is 2.53. The van der Waals surface area contributed by atoms with Gasteiger partial charge in [0, 0.05) is 19.6 Å². The topological polar surface area (TPSA) is 38.8 Å². The van der Waals surface area contributed by atoms with Gasteiger partial charge in [0.25, 0.3) is 0 Å². The Morgan fingerprint density at radius 3 is 2.82 bits per heavy atom. The van der Waals surface area contributed by atoms with Crippen molar-refractivity contribution in [2.24, 2.45) is 0 Å². The number of hydrogen-bond acceptors (Lipinski definition) is 3. The lowest BCUT2D eigenvalue weighted by Crippen LogP contribution is -2.40. The van der Waals surface area contributed by atoms with Crippen LogP contribution in [0.15, 0.2) is 0 Å². The van der Waals surface area contributed by atoms with Crippen molar-refractivity contribution in [2.75, 3.05) is 26.4 Å². The van der Waals surface area contributed by atoms with Gasteiger partial charge in [-0.15, -0.1) is 0 Å². The van der Waals surface area contributed by atoms with Crippen LogP contribution in [0.2, 0.25) is 0 Å². The van der Waals surface area contributed by atoms with E-state index >= 15 is 0 Å². The van der Waals surface area contributed by atoms with E-state index in [9.17, 15) is 4.79 Å². The highest BCUT2D eigenvalue weighted by Crippen LogP contribution is 2.14. The molecule has 0 aromatic carbocycles. The highest BCUT2D eigenvalue weighted by molar-refractivity contribution is 5.76. The Labute approximate surface area is 104 Å². The van der Waals surface area contributed by atoms with Crippen LogP contribution in [0.1, 0.15) is 46.0 Å². The second kappa shape index (κ2) is 8.48.